The maximum Gasteiger partial charge on any atom is 0.410 e. The van der Waals surface area contributed by atoms with Crippen molar-refractivity contribution in [3.05, 3.63) is 0 Å². The lowest BCUT2D eigenvalue weighted by Crippen LogP contribution is -2.61. The van der Waals surface area contributed by atoms with E-state index in [1.54, 1.807) is 20.8 Å². The lowest BCUT2D eigenvalue weighted by atomic mass is 10.0. The topological polar surface area (TPSA) is 70.0 Å². The number of piperidine rings is 1. The number of aliphatic hydroxyl groups is 2. The second-order valence-corrected chi connectivity index (χ2v) is 5.09. The molecule has 0 saturated carbocycles. The predicted octanol–water partition coefficient (Wildman–Crippen LogP) is 0.594. The first-order valence-electron chi connectivity index (χ1n) is 5.26. The second kappa shape index (κ2) is 4.38. The van der Waals surface area contributed by atoms with Gasteiger partial charge in [-0.1, -0.05) is 0 Å². The summed E-state index contributed by atoms with van der Waals surface area (Å²) in [5.41, 5.74) is -0.757. The van der Waals surface area contributed by atoms with Gasteiger partial charge in [0.1, 0.15) is 17.8 Å². The van der Waals surface area contributed by atoms with Crippen LogP contribution in [0.25, 0.3) is 0 Å². The number of ether oxygens (including phenoxy) is 1. The number of rotatable bonds is 0. The van der Waals surface area contributed by atoms with Crippen LogP contribution in [-0.4, -0.2) is 58.0 Å². The molecule has 1 amide bonds. The number of carbonyl (C=O) groups is 1. The molecule has 0 spiro atoms. The van der Waals surface area contributed by atoms with Crippen molar-refractivity contribution in [2.45, 2.75) is 44.5 Å². The summed E-state index contributed by atoms with van der Waals surface area (Å²) >= 11 is 0. The molecular weight excluding hydrogens is 236 g/mol. The third kappa shape index (κ3) is 3.26. The Morgan fingerprint density at radius 1 is 1.29 bits per heavy atom. The van der Waals surface area contributed by atoms with E-state index in [2.05, 4.69) is 0 Å². The van der Waals surface area contributed by atoms with Gasteiger partial charge in [0.25, 0.3) is 0 Å². The first kappa shape index (κ1) is 14.1. The van der Waals surface area contributed by atoms with Gasteiger partial charge in [-0.05, 0) is 20.8 Å². The van der Waals surface area contributed by atoms with Crippen molar-refractivity contribution in [3.63, 3.8) is 0 Å². The first-order valence-corrected chi connectivity index (χ1v) is 5.26. The summed E-state index contributed by atoms with van der Waals surface area (Å²) in [5.74, 6) is -3.60. The number of carbonyl (C=O) groups excluding carboxylic acids is 1. The van der Waals surface area contributed by atoms with Crippen molar-refractivity contribution in [2.24, 2.45) is 0 Å². The molecule has 0 aliphatic carbocycles. The fraction of sp³-hybridized carbons (Fsp3) is 0.900. The molecule has 1 saturated heterocycles. The van der Waals surface area contributed by atoms with Gasteiger partial charge in [0, 0.05) is 0 Å². The molecule has 0 radical (unpaired) electrons. The van der Waals surface area contributed by atoms with Gasteiger partial charge in [-0.3, -0.25) is 0 Å². The summed E-state index contributed by atoms with van der Waals surface area (Å²) in [4.78, 5) is 12.4. The molecule has 2 atom stereocenters. The Morgan fingerprint density at radius 2 is 1.71 bits per heavy atom. The largest absolute Gasteiger partial charge is 0.444 e. The Balaban J connectivity index is 2.68. The molecule has 0 aromatic carbocycles. The average molecular weight is 253 g/mol. The second-order valence-electron chi connectivity index (χ2n) is 5.09. The standard InChI is InChI=1S/C10H17F2NO4/c1-9(2,3)17-8(16)13-4-6(14)10(11,12)7(15)5-13/h6-7,14-15H,4-5H2,1-3H3/t6-,7-/m0/s1. The van der Waals surface area contributed by atoms with Crippen molar-refractivity contribution in [1.29, 1.82) is 0 Å². The highest BCUT2D eigenvalue weighted by Crippen LogP contribution is 2.29. The van der Waals surface area contributed by atoms with E-state index in [0.717, 1.165) is 4.90 Å². The van der Waals surface area contributed by atoms with Gasteiger partial charge < -0.3 is 19.8 Å². The van der Waals surface area contributed by atoms with Gasteiger partial charge in [-0.15, -0.1) is 0 Å². The van der Waals surface area contributed by atoms with Gasteiger partial charge in [-0.25, -0.2) is 13.6 Å². The van der Waals surface area contributed by atoms with Crippen LogP contribution >= 0.6 is 0 Å². The fourth-order valence-electron chi connectivity index (χ4n) is 1.43. The number of hydrogen-bond acceptors (Lipinski definition) is 4. The summed E-state index contributed by atoms with van der Waals surface area (Å²) in [7, 11) is 0. The van der Waals surface area contributed by atoms with Gasteiger partial charge in [0.15, 0.2) is 0 Å². The maximum atomic E-state index is 13.1. The molecule has 1 aliphatic heterocycles. The molecule has 2 N–H and O–H groups in total. The smallest absolute Gasteiger partial charge is 0.410 e. The van der Waals surface area contributed by atoms with Crippen LogP contribution in [0.5, 0.6) is 0 Å². The van der Waals surface area contributed by atoms with Crippen LogP contribution in [0.4, 0.5) is 13.6 Å². The SMILES string of the molecule is CC(C)(C)OC(=O)N1C[C@H](O)C(F)(F)[C@@H](O)C1. The molecule has 0 unspecified atom stereocenters. The number of halogens is 2. The predicted molar refractivity (Wildman–Crippen MR) is 54.8 cm³/mol. The first-order chi connectivity index (χ1) is 7.54. The van der Waals surface area contributed by atoms with E-state index in [-0.39, 0.29) is 0 Å². The Bertz CT molecular complexity index is 289. The number of alkyl halides is 2. The minimum absolute atomic E-state index is 0.557. The summed E-state index contributed by atoms with van der Waals surface area (Å²) in [6.45, 7) is 3.79. The van der Waals surface area contributed by atoms with Crippen LogP contribution in [0.1, 0.15) is 20.8 Å². The van der Waals surface area contributed by atoms with E-state index >= 15 is 0 Å². The zero-order valence-electron chi connectivity index (χ0n) is 9.98. The molecule has 7 heteroatoms. The third-order valence-corrected chi connectivity index (χ3v) is 2.33. The van der Waals surface area contributed by atoms with Crippen molar-refractivity contribution in [2.75, 3.05) is 13.1 Å². The molecule has 100 valence electrons. The molecule has 0 aromatic rings. The molecule has 0 bridgehead atoms. The number of hydrogen-bond donors (Lipinski definition) is 2. The quantitative estimate of drug-likeness (QED) is 0.663. The van der Waals surface area contributed by atoms with Gasteiger partial charge >= 0.3 is 12.0 Å². The maximum absolute atomic E-state index is 13.1. The highest BCUT2D eigenvalue weighted by atomic mass is 19.3. The summed E-state index contributed by atoms with van der Waals surface area (Å²) in [6.07, 6.45) is -5.00. The summed E-state index contributed by atoms with van der Waals surface area (Å²) < 4.78 is 31.1. The molecular formula is C10H17F2NO4. The van der Waals surface area contributed by atoms with E-state index in [9.17, 15) is 13.6 Å². The van der Waals surface area contributed by atoms with Crippen LogP contribution in [-0.2, 0) is 4.74 Å². The number of aliphatic hydroxyl groups excluding tert-OH is 2. The zero-order chi connectivity index (χ0) is 13.4. The fourth-order valence-corrected chi connectivity index (χ4v) is 1.43. The van der Waals surface area contributed by atoms with Gasteiger partial charge in [0.2, 0.25) is 0 Å². The number of nitrogens with zero attached hydrogens (tertiary/aromatic N) is 1. The Hall–Kier alpha value is -0.950. The average Bonchev–Trinajstić information content (AvgIpc) is 2.11. The minimum atomic E-state index is -3.60. The summed E-state index contributed by atoms with van der Waals surface area (Å²) in [6, 6.07) is 0. The van der Waals surface area contributed by atoms with Crippen LogP contribution < -0.4 is 0 Å². The van der Waals surface area contributed by atoms with Crippen molar-refractivity contribution < 1.29 is 28.5 Å². The molecule has 0 aromatic heterocycles. The Morgan fingerprint density at radius 3 is 2.06 bits per heavy atom. The van der Waals surface area contributed by atoms with E-state index in [1.165, 1.54) is 0 Å². The molecule has 1 heterocycles. The summed E-state index contributed by atoms with van der Waals surface area (Å²) in [5, 5.41) is 18.3. The zero-order valence-corrected chi connectivity index (χ0v) is 9.98. The lowest BCUT2D eigenvalue weighted by Gasteiger charge is -2.39. The van der Waals surface area contributed by atoms with Crippen LogP contribution in [0.15, 0.2) is 0 Å². The minimum Gasteiger partial charge on any atom is -0.444 e. The van der Waals surface area contributed by atoms with Crippen molar-refractivity contribution in [1.82, 2.24) is 4.90 Å². The van der Waals surface area contributed by atoms with Gasteiger partial charge in [-0.2, -0.15) is 0 Å². The molecule has 17 heavy (non-hydrogen) atoms. The lowest BCUT2D eigenvalue weighted by molar-refractivity contribution is -0.206. The molecule has 1 fully saturated rings. The van der Waals surface area contributed by atoms with Crippen LogP contribution in [0.3, 0.4) is 0 Å². The molecule has 1 aliphatic rings. The molecule has 5 nitrogen and oxygen atoms in total. The van der Waals surface area contributed by atoms with E-state index < -0.39 is 42.9 Å². The van der Waals surface area contributed by atoms with Crippen molar-refractivity contribution in [3.8, 4) is 0 Å². The van der Waals surface area contributed by atoms with E-state index in [1.807, 2.05) is 0 Å². The number of amides is 1. The highest BCUT2D eigenvalue weighted by molar-refractivity contribution is 5.68. The highest BCUT2D eigenvalue weighted by Gasteiger charge is 2.52. The normalized spacial score (nSPS) is 29.0. The molecule has 1 rings (SSSR count). The Kier molecular flexibility index (Phi) is 3.63. The van der Waals surface area contributed by atoms with E-state index in [0.29, 0.717) is 0 Å². The van der Waals surface area contributed by atoms with Gasteiger partial charge in [0.05, 0.1) is 13.1 Å². The van der Waals surface area contributed by atoms with Crippen LogP contribution in [0.2, 0.25) is 0 Å². The number of likely N-dealkylation sites (tertiary alicyclic amines) is 1. The van der Waals surface area contributed by atoms with E-state index in [4.69, 9.17) is 14.9 Å². The number of β-amino-alcohol motifs (C(OH)–C–C–N with tert-alkyl or cyclic N) is 2. The van der Waals surface area contributed by atoms with Crippen LogP contribution in [0, 0.1) is 0 Å². The Labute approximate surface area is 98.0 Å². The third-order valence-electron chi connectivity index (χ3n) is 2.33. The monoisotopic (exact) mass is 253 g/mol. The van der Waals surface area contributed by atoms with Crippen molar-refractivity contribution >= 4 is 6.09 Å².